The Hall–Kier alpha value is -0.173. The van der Waals surface area contributed by atoms with Crippen LogP contribution in [0.3, 0.4) is 0 Å². The summed E-state index contributed by atoms with van der Waals surface area (Å²) < 4.78 is 8.79. The maximum Gasteiger partial charge on any atom is 1.00 e. The van der Waals surface area contributed by atoms with Gasteiger partial charge < -0.3 is 19.4 Å². The number of hydrogen-bond donors (Lipinski definition) is 0. The van der Waals surface area contributed by atoms with Crippen LogP contribution >= 0.6 is 0 Å². The zero-order valence-electron chi connectivity index (χ0n) is 6.25. The Kier molecular flexibility index (Phi) is 11.0. The molecule has 5 heteroatoms. The van der Waals surface area contributed by atoms with Crippen molar-refractivity contribution in [1.82, 2.24) is 0 Å². The van der Waals surface area contributed by atoms with Gasteiger partial charge in [-0.3, -0.25) is 0 Å². The minimum Gasteiger partial charge on any atom is -0.547 e. The molecule has 0 N–H and O–H groups in total. The summed E-state index contributed by atoms with van der Waals surface area (Å²) in [5.74, 6) is 0. The molecule has 0 aliphatic carbocycles. The fraction of sp³-hybridized carbons (Fsp3) is 0.800. The second-order valence-electron chi connectivity index (χ2n) is 1.30. The van der Waals surface area contributed by atoms with E-state index in [1.54, 1.807) is 0 Å². The molecule has 0 heterocycles. The van der Waals surface area contributed by atoms with E-state index in [2.05, 4.69) is 4.74 Å². The predicted molar refractivity (Wildman–Crippen MR) is 27.8 cm³/mol. The Bertz CT molecular complexity index is 85.7. The largest absolute Gasteiger partial charge is 1.00 e. The predicted octanol–water partition coefficient (Wildman–Crippen LogP) is -3.61. The molecule has 0 aliphatic heterocycles. The smallest absolute Gasteiger partial charge is 0.547 e. The van der Waals surface area contributed by atoms with Gasteiger partial charge in [-0.2, -0.15) is 0 Å². The van der Waals surface area contributed by atoms with Crippen LogP contribution in [0.1, 0.15) is 6.92 Å². The zero-order valence-corrected chi connectivity index (χ0v) is 6.25. The van der Waals surface area contributed by atoms with E-state index in [1.807, 2.05) is 6.92 Å². The monoisotopic (exact) mass is 140 g/mol. The third-order valence-corrected chi connectivity index (χ3v) is 0.652. The number of ether oxygens (including phenoxy) is 2. The Morgan fingerprint density at radius 3 is 2.50 bits per heavy atom. The van der Waals surface area contributed by atoms with E-state index < -0.39 is 6.16 Å². The molecule has 0 spiro atoms. The fourth-order valence-electron chi connectivity index (χ4n) is 0.328. The van der Waals surface area contributed by atoms with E-state index in [9.17, 15) is 9.90 Å². The van der Waals surface area contributed by atoms with Crippen LogP contribution in [0.5, 0.6) is 0 Å². The summed E-state index contributed by atoms with van der Waals surface area (Å²) in [5.41, 5.74) is 0. The maximum atomic E-state index is 9.57. The van der Waals surface area contributed by atoms with Crippen molar-refractivity contribution in [3.63, 3.8) is 0 Å². The molecular weight excluding hydrogens is 131 g/mol. The first kappa shape index (κ1) is 12.5. The Labute approximate surface area is 71.7 Å². The Morgan fingerprint density at radius 1 is 1.50 bits per heavy atom. The molecule has 0 saturated heterocycles. The van der Waals surface area contributed by atoms with E-state index in [-0.39, 0.29) is 25.5 Å². The molecule has 10 heavy (non-hydrogen) atoms. The molecule has 0 saturated carbocycles. The minimum atomic E-state index is -1.50. The Balaban J connectivity index is 0. The molecule has 0 bridgehead atoms. The summed E-state index contributed by atoms with van der Waals surface area (Å²) in [6, 6.07) is 0. The summed E-state index contributed by atoms with van der Waals surface area (Å²) in [4.78, 5) is 9.57. The molecule has 0 aliphatic rings. The fourth-order valence-corrected chi connectivity index (χ4v) is 0.328. The van der Waals surface area contributed by atoms with Crippen LogP contribution in [0.2, 0.25) is 0 Å². The van der Waals surface area contributed by atoms with Crippen molar-refractivity contribution in [3.8, 4) is 0 Å². The summed E-state index contributed by atoms with van der Waals surface area (Å²) >= 11 is 0. The first-order valence-corrected chi connectivity index (χ1v) is 2.69. The van der Waals surface area contributed by atoms with Crippen molar-refractivity contribution in [1.29, 1.82) is 0 Å². The molecule has 0 aromatic carbocycles. The molecule has 0 amide bonds. The van der Waals surface area contributed by atoms with Crippen molar-refractivity contribution in [2.75, 3.05) is 19.8 Å². The van der Waals surface area contributed by atoms with Gasteiger partial charge in [-0.25, -0.2) is 0 Å². The summed E-state index contributed by atoms with van der Waals surface area (Å²) in [5, 5.41) is 9.57. The van der Waals surface area contributed by atoms with Gasteiger partial charge in [0.25, 0.3) is 6.16 Å². The van der Waals surface area contributed by atoms with Gasteiger partial charge in [0, 0.05) is 6.61 Å². The molecule has 0 unspecified atom stereocenters. The normalized spacial score (nSPS) is 8.10. The minimum absolute atomic E-state index is 0. The molecule has 0 aromatic rings. The van der Waals surface area contributed by atoms with Gasteiger partial charge in [-0.15, -0.1) is 0 Å². The van der Waals surface area contributed by atoms with Crippen LogP contribution < -0.4 is 24.0 Å². The van der Waals surface area contributed by atoms with Crippen molar-refractivity contribution >= 4 is 6.16 Å². The van der Waals surface area contributed by atoms with Crippen LogP contribution in [0.15, 0.2) is 0 Å². The number of rotatable bonds is 4. The standard InChI is InChI=1S/C5H10O4.Li/c1-2-8-3-4-9-5(6)7;/h2-4H2,1H3,(H,6,7);/q;+1/p-1. The van der Waals surface area contributed by atoms with Gasteiger partial charge in [0.15, 0.2) is 0 Å². The van der Waals surface area contributed by atoms with Gasteiger partial charge in [-0.05, 0) is 6.92 Å². The molecule has 54 valence electrons. The van der Waals surface area contributed by atoms with E-state index in [4.69, 9.17) is 4.74 Å². The third kappa shape index (κ3) is 10.7. The number of carbonyl (C=O) groups is 1. The summed E-state index contributed by atoms with van der Waals surface area (Å²) in [6.45, 7) is 2.73. The van der Waals surface area contributed by atoms with Gasteiger partial charge in [0.1, 0.15) is 0 Å². The van der Waals surface area contributed by atoms with Crippen LogP contribution in [0.25, 0.3) is 0 Å². The molecular formula is C5H9LiO4. The Morgan fingerprint density at radius 2 is 2.10 bits per heavy atom. The summed E-state index contributed by atoms with van der Waals surface area (Å²) in [7, 11) is 0. The molecule has 0 radical (unpaired) electrons. The van der Waals surface area contributed by atoms with Crippen molar-refractivity contribution in [2.45, 2.75) is 6.92 Å². The molecule has 0 rings (SSSR count). The first-order valence-electron chi connectivity index (χ1n) is 2.69. The van der Waals surface area contributed by atoms with Crippen molar-refractivity contribution in [2.24, 2.45) is 0 Å². The molecule has 0 fully saturated rings. The van der Waals surface area contributed by atoms with E-state index >= 15 is 0 Å². The third-order valence-electron chi connectivity index (χ3n) is 0.652. The summed E-state index contributed by atoms with van der Waals surface area (Å²) in [6.07, 6.45) is -1.50. The van der Waals surface area contributed by atoms with Crippen molar-refractivity contribution < 1.29 is 38.2 Å². The number of hydrogen-bond acceptors (Lipinski definition) is 4. The molecule has 4 nitrogen and oxygen atoms in total. The molecule has 0 aromatic heterocycles. The van der Waals surface area contributed by atoms with Gasteiger partial charge in [0.2, 0.25) is 0 Å². The van der Waals surface area contributed by atoms with Gasteiger partial charge in [0.05, 0.1) is 13.2 Å². The van der Waals surface area contributed by atoms with E-state index in [0.717, 1.165) is 0 Å². The van der Waals surface area contributed by atoms with Crippen molar-refractivity contribution in [3.05, 3.63) is 0 Å². The van der Waals surface area contributed by atoms with Crippen LogP contribution in [0, 0.1) is 0 Å². The van der Waals surface area contributed by atoms with E-state index in [1.165, 1.54) is 0 Å². The first-order chi connectivity index (χ1) is 4.27. The second kappa shape index (κ2) is 8.83. The topological polar surface area (TPSA) is 58.6 Å². The van der Waals surface area contributed by atoms with Crippen LogP contribution in [-0.2, 0) is 9.47 Å². The van der Waals surface area contributed by atoms with Crippen LogP contribution in [-0.4, -0.2) is 26.0 Å². The van der Waals surface area contributed by atoms with E-state index in [0.29, 0.717) is 13.2 Å². The van der Waals surface area contributed by atoms with Gasteiger partial charge >= 0.3 is 18.9 Å². The molecule has 0 atom stereocenters. The van der Waals surface area contributed by atoms with Gasteiger partial charge in [-0.1, -0.05) is 0 Å². The number of carboxylic acid groups (broad SMARTS) is 1. The second-order valence-corrected chi connectivity index (χ2v) is 1.30. The maximum absolute atomic E-state index is 9.57. The average molecular weight is 140 g/mol. The quantitative estimate of drug-likeness (QED) is 0.230. The average Bonchev–Trinajstić information content (AvgIpc) is 1.80. The number of carbonyl (C=O) groups excluding carboxylic acids is 1. The van der Waals surface area contributed by atoms with Crippen LogP contribution in [0.4, 0.5) is 4.79 Å². The zero-order chi connectivity index (χ0) is 7.11. The SMILES string of the molecule is CCOCCOC(=O)[O-].[Li+].